The highest BCUT2D eigenvalue weighted by Crippen LogP contribution is 2.29. The summed E-state index contributed by atoms with van der Waals surface area (Å²) in [7, 11) is 0. The smallest absolute Gasteiger partial charge is 0.408 e. The van der Waals surface area contributed by atoms with Crippen LogP contribution in [-0.4, -0.2) is 47.0 Å². The lowest BCUT2D eigenvalue weighted by Crippen LogP contribution is -2.57. The minimum Gasteiger partial charge on any atom is -0.444 e. The molecule has 0 aliphatic rings. The average molecular weight is 544 g/mol. The van der Waals surface area contributed by atoms with Crippen LogP contribution in [0.25, 0.3) is 6.08 Å². The van der Waals surface area contributed by atoms with E-state index >= 15 is 0 Å². The molecule has 1 aromatic carbocycles. The highest BCUT2D eigenvalue weighted by atomic mass is 16.6. The summed E-state index contributed by atoms with van der Waals surface area (Å²) in [5.41, 5.74) is 0.877. The van der Waals surface area contributed by atoms with Crippen molar-refractivity contribution >= 4 is 24.0 Å². The van der Waals surface area contributed by atoms with Crippen LogP contribution in [0.2, 0.25) is 0 Å². The molecule has 0 radical (unpaired) electrons. The topological polar surface area (TPSA) is 87.7 Å². The molecule has 220 valence electrons. The number of ether oxygens (including phenoxy) is 1. The molecule has 4 atom stereocenters. The molecular weight excluding hydrogens is 490 g/mol. The van der Waals surface area contributed by atoms with Gasteiger partial charge in [-0.1, -0.05) is 78.3 Å². The molecular formula is C32H53N3O4. The average Bonchev–Trinajstić information content (AvgIpc) is 2.87. The first kappa shape index (κ1) is 34.2. The number of carbonyl (C=O) groups is 3. The highest BCUT2D eigenvalue weighted by molar-refractivity contribution is 5.92. The number of benzene rings is 1. The van der Waals surface area contributed by atoms with Gasteiger partial charge in [0.05, 0.1) is 0 Å². The van der Waals surface area contributed by atoms with Gasteiger partial charge in [0.25, 0.3) is 0 Å². The van der Waals surface area contributed by atoms with E-state index in [1.807, 2.05) is 45.0 Å². The van der Waals surface area contributed by atoms with Crippen LogP contribution in [0.15, 0.2) is 30.8 Å². The standard InChI is InChI=1S/C32H53N3O4/c1-11-14-20-33-29(36)28(26-17-15-16-25(13-3)21-26)35(24(7)19-18-22(4)5)30(37)27(23(6)12-2)34-31(38)39-32(8,9)10/h13,15-17,21-24,27-28H,3,11-12,14,18-20H2,1-2,4-10H3,(H,33,36)(H,34,38). The van der Waals surface area contributed by atoms with Crippen LogP contribution in [0.5, 0.6) is 0 Å². The van der Waals surface area contributed by atoms with Crippen LogP contribution in [0.1, 0.15) is 112 Å². The lowest BCUT2D eigenvalue weighted by molar-refractivity contribution is -0.146. The molecule has 1 aromatic rings. The SMILES string of the molecule is C=Cc1cccc(C(C(=O)NCCCC)N(C(=O)C(NC(=O)OC(C)(C)C)C(C)CC)C(C)CCC(C)C)c1. The van der Waals surface area contributed by atoms with Crippen molar-refractivity contribution < 1.29 is 19.1 Å². The van der Waals surface area contributed by atoms with Crippen LogP contribution in [0.4, 0.5) is 4.79 Å². The zero-order valence-corrected chi connectivity index (χ0v) is 25.8. The van der Waals surface area contributed by atoms with Crippen LogP contribution in [0, 0.1) is 11.8 Å². The van der Waals surface area contributed by atoms with E-state index in [-0.39, 0.29) is 23.8 Å². The van der Waals surface area contributed by atoms with Gasteiger partial charge in [-0.15, -0.1) is 0 Å². The molecule has 0 heterocycles. The molecule has 0 bridgehead atoms. The van der Waals surface area contributed by atoms with Gasteiger partial charge in [-0.2, -0.15) is 0 Å². The summed E-state index contributed by atoms with van der Waals surface area (Å²) in [6.07, 6.45) is 5.17. The first-order valence-electron chi connectivity index (χ1n) is 14.6. The third kappa shape index (κ3) is 11.4. The van der Waals surface area contributed by atoms with Gasteiger partial charge in [-0.05, 0) is 76.0 Å². The van der Waals surface area contributed by atoms with E-state index in [1.54, 1.807) is 31.7 Å². The van der Waals surface area contributed by atoms with Gasteiger partial charge >= 0.3 is 6.09 Å². The number of alkyl carbamates (subject to hydrolysis) is 1. The summed E-state index contributed by atoms with van der Waals surface area (Å²) in [5.74, 6) is -0.246. The number of hydrogen-bond acceptors (Lipinski definition) is 4. The number of carbonyl (C=O) groups excluding carboxylic acids is 3. The van der Waals surface area contributed by atoms with Crippen molar-refractivity contribution in [3.8, 4) is 0 Å². The van der Waals surface area contributed by atoms with E-state index in [1.165, 1.54) is 0 Å². The Hall–Kier alpha value is -2.83. The second-order valence-corrected chi connectivity index (χ2v) is 12.0. The van der Waals surface area contributed by atoms with Crippen molar-refractivity contribution in [1.29, 1.82) is 0 Å². The second kappa shape index (κ2) is 16.3. The van der Waals surface area contributed by atoms with Gasteiger partial charge in [0.1, 0.15) is 17.7 Å². The number of hydrogen-bond donors (Lipinski definition) is 2. The van der Waals surface area contributed by atoms with Crippen LogP contribution in [-0.2, 0) is 14.3 Å². The predicted octanol–water partition coefficient (Wildman–Crippen LogP) is 6.88. The van der Waals surface area contributed by atoms with E-state index in [9.17, 15) is 14.4 Å². The lowest BCUT2D eigenvalue weighted by Gasteiger charge is -2.40. The van der Waals surface area contributed by atoms with Crippen molar-refractivity contribution in [1.82, 2.24) is 15.5 Å². The zero-order valence-electron chi connectivity index (χ0n) is 25.8. The highest BCUT2D eigenvalue weighted by Gasteiger charge is 2.40. The number of unbranched alkanes of at least 4 members (excludes halogenated alkanes) is 1. The fourth-order valence-electron chi connectivity index (χ4n) is 4.37. The molecule has 0 aromatic heterocycles. The van der Waals surface area contributed by atoms with Crippen LogP contribution >= 0.6 is 0 Å². The fraction of sp³-hybridized carbons (Fsp3) is 0.656. The normalized spacial score (nSPS) is 14.6. The molecule has 4 unspecified atom stereocenters. The lowest BCUT2D eigenvalue weighted by atomic mass is 9.92. The third-order valence-corrected chi connectivity index (χ3v) is 6.86. The molecule has 0 aliphatic heterocycles. The summed E-state index contributed by atoms with van der Waals surface area (Å²) in [6, 6.07) is 5.64. The van der Waals surface area contributed by atoms with Gasteiger partial charge < -0.3 is 20.3 Å². The Kier molecular flexibility index (Phi) is 14.3. The van der Waals surface area contributed by atoms with Gasteiger partial charge in [-0.25, -0.2) is 4.79 Å². The number of amides is 3. The van der Waals surface area contributed by atoms with Crippen molar-refractivity contribution in [2.24, 2.45) is 11.8 Å². The number of nitrogens with zero attached hydrogens (tertiary/aromatic N) is 1. The zero-order chi connectivity index (χ0) is 29.8. The maximum Gasteiger partial charge on any atom is 0.408 e. The Morgan fingerprint density at radius 1 is 1.08 bits per heavy atom. The Labute approximate surface area is 237 Å². The van der Waals surface area contributed by atoms with Crippen molar-refractivity contribution in [2.75, 3.05) is 6.54 Å². The van der Waals surface area contributed by atoms with Gasteiger partial charge in [0.2, 0.25) is 11.8 Å². The minimum atomic E-state index is -0.858. The fourth-order valence-corrected chi connectivity index (χ4v) is 4.37. The van der Waals surface area contributed by atoms with Crippen LogP contribution < -0.4 is 10.6 Å². The Morgan fingerprint density at radius 3 is 2.28 bits per heavy atom. The van der Waals surface area contributed by atoms with E-state index in [0.717, 1.165) is 31.2 Å². The molecule has 2 N–H and O–H groups in total. The Balaban J connectivity index is 3.66. The number of rotatable bonds is 15. The van der Waals surface area contributed by atoms with Crippen LogP contribution in [0.3, 0.4) is 0 Å². The quantitative estimate of drug-likeness (QED) is 0.236. The molecule has 0 spiro atoms. The summed E-state index contributed by atoms with van der Waals surface area (Å²) < 4.78 is 5.51. The van der Waals surface area contributed by atoms with Crippen molar-refractivity contribution in [2.45, 2.75) is 118 Å². The molecule has 0 saturated heterocycles. The molecule has 7 heteroatoms. The summed E-state index contributed by atoms with van der Waals surface area (Å²) in [4.78, 5) is 42.9. The molecule has 1 rings (SSSR count). The molecule has 0 aliphatic carbocycles. The Morgan fingerprint density at radius 2 is 1.74 bits per heavy atom. The van der Waals surface area contributed by atoms with E-state index in [2.05, 4.69) is 38.0 Å². The van der Waals surface area contributed by atoms with Gasteiger partial charge in [0, 0.05) is 12.6 Å². The maximum atomic E-state index is 14.5. The molecule has 0 fully saturated rings. The maximum absolute atomic E-state index is 14.5. The largest absolute Gasteiger partial charge is 0.444 e. The molecule has 39 heavy (non-hydrogen) atoms. The first-order chi connectivity index (χ1) is 18.2. The summed E-state index contributed by atoms with van der Waals surface area (Å²) in [6.45, 7) is 22.0. The van der Waals surface area contributed by atoms with E-state index in [4.69, 9.17) is 4.74 Å². The monoisotopic (exact) mass is 543 g/mol. The second-order valence-electron chi connectivity index (χ2n) is 12.0. The van der Waals surface area contributed by atoms with Gasteiger partial charge in [0.15, 0.2) is 0 Å². The van der Waals surface area contributed by atoms with Crippen molar-refractivity contribution in [3.63, 3.8) is 0 Å². The van der Waals surface area contributed by atoms with Gasteiger partial charge in [-0.3, -0.25) is 9.59 Å². The molecule has 3 amide bonds. The first-order valence-corrected chi connectivity index (χ1v) is 14.6. The summed E-state index contributed by atoms with van der Waals surface area (Å²) >= 11 is 0. The van der Waals surface area contributed by atoms with Crippen molar-refractivity contribution in [3.05, 3.63) is 42.0 Å². The summed E-state index contributed by atoms with van der Waals surface area (Å²) in [5, 5.41) is 5.90. The minimum absolute atomic E-state index is 0.173. The molecule has 7 nitrogen and oxygen atoms in total. The number of nitrogens with one attached hydrogen (secondary N) is 2. The predicted molar refractivity (Wildman–Crippen MR) is 160 cm³/mol. The Bertz CT molecular complexity index is 938. The third-order valence-electron chi connectivity index (χ3n) is 6.86. The molecule has 0 saturated carbocycles. The van der Waals surface area contributed by atoms with E-state index in [0.29, 0.717) is 24.4 Å². The van der Waals surface area contributed by atoms with E-state index < -0.39 is 23.8 Å².